The van der Waals surface area contributed by atoms with E-state index in [-0.39, 0.29) is 12.3 Å². The fourth-order valence-corrected chi connectivity index (χ4v) is 3.17. The summed E-state index contributed by atoms with van der Waals surface area (Å²) in [7, 11) is 0. The monoisotopic (exact) mass is 417 g/mol. The summed E-state index contributed by atoms with van der Waals surface area (Å²) in [5.74, 6) is -0.240. The molecule has 1 N–H and O–H groups in total. The van der Waals surface area contributed by atoms with E-state index in [4.69, 9.17) is 18.9 Å². The van der Waals surface area contributed by atoms with Gasteiger partial charge in [-0.3, -0.25) is 14.9 Å². The average molecular weight is 417 g/mol. The van der Waals surface area contributed by atoms with Crippen LogP contribution in [0.5, 0.6) is 5.75 Å². The minimum absolute atomic E-state index is 0.0767. The summed E-state index contributed by atoms with van der Waals surface area (Å²) in [5, 5.41) is 21.7. The van der Waals surface area contributed by atoms with E-state index in [9.17, 15) is 20.0 Å². The molecule has 0 saturated carbocycles. The maximum absolute atomic E-state index is 11.4. The molecule has 2 aromatic rings. The van der Waals surface area contributed by atoms with Gasteiger partial charge in [0.15, 0.2) is 6.10 Å². The highest BCUT2D eigenvalue weighted by Gasteiger charge is 2.47. The number of non-ortho nitro benzene ring substituents is 1. The van der Waals surface area contributed by atoms with Gasteiger partial charge < -0.3 is 24.1 Å². The van der Waals surface area contributed by atoms with E-state index in [1.165, 1.54) is 31.2 Å². The van der Waals surface area contributed by atoms with Gasteiger partial charge in [-0.1, -0.05) is 30.3 Å². The van der Waals surface area contributed by atoms with E-state index >= 15 is 0 Å². The maximum atomic E-state index is 11.4. The molecule has 2 aromatic carbocycles. The van der Waals surface area contributed by atoms with Gasteiger partial charge >= 0.3 is 5.97 Å². The van der Waals surface area contributed by atoms with Crippen LogP contribution in [0.3, 0.4) is 0 Å². The van der Waals surface area contributed by atoms with Gasteiger partial charge in [0.25, 0.3) is 5.69 Å². The first-order chi connectivity index (χ1) is 14.3. The molecule has 0 aliphatic carbocycles. The molecule has 0 spiro atoms. The van der Waals surface area contributed by atoms with Gasteiger partial charge in [0, 0.05) is 19.1 Å². The van der Waals surface area contributed by atoms with E-state index in [2.05, 4.69) is 0 Å². The lowest BCUT2D eigenvalue weighted by atomic mass is 9.99. The topological polar surface area (TPSA) is 117 Å². The third-order valence-corrected chi connectivity index (χ3v) is 4.64. The van der Waals surface area contributed by atoms with Gasteiger partial charge in [-0.25, -0.2) is 0 Å². The number of nitro groups is 1. The molecule has 0 bridgehead atoms. The van der Waals surface area contributed by atoms with Crippen molar-refractivity contribution in [3.63, 3.8) is 0 Å². The second-order valence-electron chi connectivity index (χ2n) is 6.90. The largest absolute Gasteiger partial charge is 0.462 e. The molecule has 0 amide bonds. The van der Waals surface area contributed by atoms with Crippen LogP contribution in [-0.2, 0) is 25.6 Å². The first-order valence-corrected chi connectivity index (χ1v) is 9.42. The van der Waals surface area contributed by atoms with Crippen molar-refractivity contribution in [2.24, 2.45) is 0 Å². The third-order valence-electron chi connectivity index (χ3n) is 4.64. The molecule has 9 nitrogen and oxygen atoms in total. The standard InChI is InChI=1S/C21H23NO8/c1-13-19(29-14(2)23)18(24)20(27-12-15-6-4-3-5-7-15)21(28-13)30-17-10-8-16(9-11-17)22(25)26/h3-11,13,18-21,24H,12H2,1-2H3/t13-,18+,19+,20-,21+/m0/s1. The van der Waals surface area contributed by atoms with E-state index in [1.807, 2.05) is 30.3 Å². The average Bonchev–Trinajstić information content (AvgIpc) is 2.72. The lowest BCUT2D eigenvalue weighted by molar-refractivity contribution is -0.384. The number of nitro benzene ring substituents is 1. The number of benzene rings is 2. The van der Waals surface area contributed by atoms with Crippen LogP contribution in [0.1, 0.15) is 19.4 Å². The quantitative estimate of drug-likeness (QED) is 0.415. The van der Waals surface area contributed by atoms with Crippen molar-refractivity contribution in [3.8, 4) is 5.75 Å². The van der Waals surface area contributed by atoms with Crippen LogP contribution < -0.4 is 4.74 Å². The number of carbonyl (C=O) groups is 1. The first kappa shape index (κ1) is 21.7. The summed E-state index contributed by atoms with van der Waals surface area (Å²) >= 11 is 0. The number of rotatable bonds is 7. The first-order valence-electron chi connectivity index (χ1n) is 9.42. The Kier molecular flexibility index (Phi) is 6.99. The van der Waals surface area contributed by atoms with E-state index in [0.717, 1.165) is 5.56 Å². The summed E-state index contributed by atoms with van der Waals surface area (Å²) in [4.78, 5) is 21.8. The molecule has 160 valence electrons. The van der Waals surface area contributed by atoms with Crippen molar-refractivity contribution in [3.05, 3.63) is 70.3 Å². The number of aliphatic hydroxyl groups is 1. The fraction of sp³-hybridized carbons (Fsp3) is 0.381. The number of hydrogen-bond acceptors (Lipinski definition) is 8. The molecule has 9 heteroatoms. The molecule has 0 unspecified atom stereocenters. The Labute approximate surface area is 173 Å². The molecular weight excluding hydrogens is 394 g/mol. The van der Waals surface area contributed by atoms with Crippen molar-refractivity contribution in [2.75, 3.05) is 0 Å². The highest BCUT2D eigenvalue weighted by Crippen LogP contribution is 2.29. The zero-order valence-corrected chi connectivity index (χ0v) is 16.5. The maximum Gasteiger partial charge on any atom is 0.303 e. The van der Waals surface area contributed by atoms with Crippen molar-refractivity contribution in [1.29, 1.82) is 0 Å². The Hall–Kier alpha value is -3.01. The van der Waals surface area contributed by atoms with E-state index < -0.39 is 41.6 Å². The molecule has 1 aliphatic heterocycles. The van der Waals surface area contributed by atoms with Crippen molar-refractivity contribution >= 4 is 11.7 Å². The SMILES string of the molecule is CC(=O)O[C@H]1[C@@H](O)[C@H](OCc2ccccc2)[C@@H](Oc2ccc([N+](=O)[O-])cc2)O[C@H]1C. The van der Waals surface area contributed by atoms with E-state index in [1.54, 1.807) is 6.92 Å². The van der Waals surface area contributed by atoms with Gasteiger partial charge in [0.1, 0.15) is 18.0 Å². The second kappa shape index (κ2) is 9.66. The number of hydrogen-bond donors (Lipinski definition) is 1. The molecule has 5 atom stereocenters. The molecular formula is C21H23NO8. The molecule has 30 heavy (non-hydrogen) atoms. The van der Waals surface area contributed by atoms with Gasteiger partial charge in [-0.05, 0) is 24.6 Å². The van der Waals surface area contributed by atoms with E-state index in [0.29, 0.717) is 5.75 Å². The Morgan fingerprint density at radius 2 is 1.80 bits per heavy atom. The van der Waals surface area contributed by atoms with Gasteiger partial charge in [0.2, 0.25) is 6.29 Å². The summed E-state index contributed by atoms with van der Waals surface area (Å²) in [5.41, 5.74) is 0.800. The van der Waals surface area contributed by atoms with Crippen LogP contribution in [0.2, 0.25) is 0 Å². The Morgan fingerprint density at radius 3 is 2.40 bits per heavy atom. The normalized spacial score (nSPS) is 26.0. The van der Waals surface area contributed by atoms with Crippen LogP contribution in [0.4, 0.5) is 5.69 Å². The molecule has 3 rings (SSSR count). The van der Waals surface area contributed by atoms with Gasteiger partial charge in [0.05, 0.1) is 17.6 Å². The smallest absolute Gasteiger partial charge is 0.303 e. The predicted molar refractivity (Wildman–Crippen MR) is 105 cm³/mol. The summed E-state index contributed by atoms with van der Waals surface area (Å²) in [6.07, 6.45) is -4.79. The zero-order valence-electron chi connectivity index (χ0n) is 16.5. The summed E-state index contributed by atoms with van der Waals surface area (Å²) in [6.45, 7) is 3.07. The molecule has 1 heterocycles. The lowest BCUT2D eigenvalue weighted by Gasteiger charge is -2.42. The molecule has 1 fully saturated rings. The number of esters is 1. The highest BCUT2D eigenvalue weighted by atomic mass is 16.7. The predicted octanol–water partition coefficient (Wildman–Crippen LogP) is 2.60. The molecule has 1 aliphatic rings. The molecule has 1 saturated heterocycles. The Bertz CT molecular complexity index is 857. The van der Waals surface area contributed by atoms with Crippen molar-refractivity contribution in [1.82, 2.24) is 0 Å². The second-order valence-corrected chi connectivity index (χ2v) is 6.90. The van der Waals surface area contributed by atoms with Gasteiger partial charge in [-0.2, -0.15) is 0 Å². The minimum Gasteiger partial charge on any atom is -0.462 e. The van der Waals surface area contributed by atoms with Crippen molar-refractivity contribution in [2.45, 2.75) is 51.2 Å². The third kappa shape index (κ3) is 5.32. The zero-order chi connectivity index (χ0) is 21.7. The van der Waals surface area contributed by atoms with Crippen LogP contribution in [0.15, 0.2) is 54.6 Å². The van der Waals surface area contributed by atoms with Crippen LogP contribution in [0.25, 0.3) is 0 Å². The summed E-state index contributed by atoms with van der Waals surface area (Å²) < 4.78 is 22.8. The van der Waals surface area contributed by atoms with Gasteiger partial charge in [-0.15, -0.1) is 0 Å². The molecule has 0 aromatic heterocycles. The lowest BCUT2D eigenvalue weighted by Crippen LogP contribution is -2.60. The number of carbonyl (C=O) groups excluding carboxylic acids is 1. The number of ether oxygens (including phenoxy) is 4. The minimum atomic E-state index is -1.20. The van der Waals surface area contributed by atoms with Crippen molar-refractivity contribution < 1.29 is 33.8 Å². The number of nitrogens with zero attached hydrogens (tertiary/aromatic N) is 1. The number of aliphatic hydroxyl groups excluding tert-OH is 1. The summed E-state index contributed by atoms with van der Waals surface area (Å²) in [6, 6.07) is 14.8. The highest BCUT2D eigenvalue weighted by molar-refractivity contribution is 5.66. The van der Waals surface area contributed by atoms with Crippen LogP contribution in [0, 0.1) is 10.1 Å². The fourth-order valence-electron chi connectivity index (χ4n) is 3.17. The van der Waals surface area contributed by atoms with Crippen LogP contribution >= 0.6 is 0 Å². The van der Waals surface area contributed by atoms with Crippen LogP contribution in [-0.4, -0.2) is 46.7 Å². The Morgan fingerprint density at radius 1 is 1.13 bits per heavy atom. The Balaban J connectivity index is 1.78. The molecule has 0 radical (unpaired) electrons.